The Morgan fingerprint density at radius 3 is 2.68 bits per heavy atom. The van der Waals surface area contributed by atoms with Crippen molar-refractivity contribution in [3.05, 3.63) is 24.0 Å². The number of aryl methyl sites for hydroxylation is 1. The summed E-state index contributed by atoms with van der Waals surface area (Å²) in [6, 6.07) is 4.17. The zero-order valence-corrected chi connectivity index (χ0v) is 16.2. The summed E-state index contributed by atoms with van der Waals surface area (Å²) in [5.74, 6) is 0.860. The molecule has 0 unspecified atom stereocenters. The van der Waals surface area contributed by atoms with Gasteiger partial charge in [0.1, 0.15) is 0 Å². The van der Waals surface area contributed by atoms with Crippen LogP contribution in [0.5, 0.6) is 0 Å². The molecule has 1 aromatic rings. The van der Waals surface area contributed by atoms with E-state index < -0.39 is 5.60 Å². The maximum atomic E-state index is 10.4. The second kappa shape index (κ2) is 8.76. The number of aromatic nitrogens is 1. The summed E-state index contributed by atoms with van der Waals surface area (Å²) in [5, 5.41) is 13.7. The molecule has 0 aromatic carbocycles. The Hall–Kier alpha value is -0.760. The molecule has 126 valence electrons. The molecule has 22 heavy (non-hydrogen) atoms. The van der Waals surface area contributed by atoms with Gasteiger partial charge in [0.2, 0.25) is 0 Å². The molecular formula is C16H29IN4O. The number of nitrogens with zero attached hydrogens (tertiary/aromatic N) is 3. The first-order valence-corrected chi connectivity index (χ1v) is 7.86. The van der Waals surface area contributed by atoms with Gasteiger partial charge < -0.3 is 19.9 Å². The highest BCUT2D eigenvalue weighted by Gasteiger charge is 2.30. The number of guanidine groups is 1. The summed E-state index contributed by atoms with van der Waals surface area (Å²) in [5.41, 5.74) is 0.648. The normalized spacial score (nSPS) is 17.2. The lowest BCUT2D eigenvalue weighted by Crippen LogP contribution is -2.40. The third-order valence-corrected chi connectivity index (χ3v) is 4.20. The van der Waals surface area contributed by atoms with Crippen molar-refractivity contribution in [3.8, 4) is 0 Å². The van der Waals surface area contributed by atoms with Gasteiger partial charge in [-0.25, -0.2) is 0 Å². The fraction of sp³-hybridized carbons (Fsp3) is 0.688. The summed E-state index contributed by atoms with van der Waals surface area (Å²) < 4.78 is 2.12. The lowest BCUT2D eigenvalue weighted by molar-refractivity contribution is 0.0572. The molecule has 0 radical (unpaired) electrons. The Balaban J connectivity index is 0.00000242. The van der Waals surface area contributed by atoms with E-state index in [0.717, 1.165) is 44.7 Å². The van der Waals surface area contributed by atoms with Crippen molar-refractivity contribution in [1.29, 1.82) is 0 Å². The van der Waals surface area contributed by atoms with Gasteiger partial charge in [-0.15, -0.1) is 24.0 Å². The van der Waals surface area contributed by atoms with Crippen molar-refractivity contribution in [2.24, 2.45) is 12.0 Å². The number of nitrogens with one attached hydrogen (secondary N) is 1. The van der Waals surface area contributed by atoms with Gasteiger partial charge in [0.15, 0.2) is 5.96 Å². The average molecular weight is 420 g/mol. The van der Waals surface area contributed by atoms with E-state index in [1.807, 2.05) is 7.05 Å². The first-order valence-electron chi connectivity index (χ1n) is 7.86. The van der Waals surface area contributed by atoms with Crippen LogP contribution in [0.1, 0.15) is 38.3 Å². The van der Waals surface area contributed by atoms with Crippen LogP contribution in [0, 0.1) is 0 Å². The molecule has 1 aliphatic rings. The molecule has 1 saturated carbocycles. The van der Waals surface area contributed by atoms with Crippen LogP contribution in [0.15, 0.2) is 23.3 Å². The summed E-state index contributed by atoms with van der Waals surface area (Å²) in [7, 11) is 4.08. The van der Waals surface area contributed by atoms with Crippen molar-refractivity contribution in [2.75, 3.05) is 20.1 Å². The fourth-order valence-corrected chi connectivity index (χ4v) is 2.86. The number of hydrogen-bond donors (Lipinski definition) is 2. The topological polar surface area (TPSA) is 52.8 Å². The standard InChI is InChI=1S/C16H28N4O.HI/c1-4-17-15(18-13-16(21)9-5-6-10-16)20(3)12-14-8-7-11-19(14)2;/h7-8,11,21H,4-6,9-10,12-13H2,1-3H3,(H,17,18);1H. The van der Waals surface area contributed by atoms with Gasteiger partial charge in [-0.05, 0) is 31.9 Å². The highest BCUT2D eigenvalue weighted by molar-refractivity contribution is 14.0. The van der Waals surface area contributed by atoms with Gasteiger partial charge in [0.05, 0.1) is 18.7 Å². The Morgan fingerprint density at radius 1 is 1.45 bits per heavy atom. The monoisotopic (exact) mass is 420 g/mol. The van der Waals surface area contributed by atoms with E-state index in [0.29, 0.717) is 6.54 Å². The Kier molecular flexibility index (Phi) is 7.68. The SMILES string of the molecule is CCNC(=NCC1(O)CCCC1)N(C)Cc1cccn1C.I. The van der Waals surface area contributed by atoms with Crippen LogP contribution < -0.4 is 5.32 Å². The van der Waals surface area contributed by atoms with Crippen LogP contribution >= 0.6 is 24.0 Å². The van der Waals surface area contributed by atoms with Crippen molar-refractivity contribution in [3.63, 3.8) is 0 Å². The number of halogens is 1. The minimum absolute atomic E-state index is 0. The molecule has 0 spiro atoms. The number of hydrogen-bond acceptors (Lipinski definition) is 2. The van der Waals surface area contributed by atoms with E-state index in [-0.39, 0.29) is 24.0 Å². The van der Waals surface area contributed by atoms with Crippen LogP contribution in [-0.4, -0.2) is 46.3 Å². The maximum absolute atomic E-state index is 10.4. The summed E-state index contributed by atoms with van der Waals surface area (Å²) >= 11 is 0. The molecule has 0 saturated heterocycles. The zero-order chi connectivity index (χ0) is 15.3. The van der Waals surface area contributed by atoms with Crippen LogP contribution in [0.25, 0.3) is 0 Å². The summed E-state index contributed by atoms with van der Waals surface area (Å²) in [4.78, 5) is 6.76. The molecule has 1 aliphatic carbocycles. The Bertz CT molecular complexity index is 480. The number of aliphatic imine (C=N–C) groups is 1. The number of aliphatic hydroxyl groups is 1. The van der Waals surface area contributed by atoms with Gasteiger partial charge in [0, 0.05) is 32.5 Å². The minimum atomic E-state index is -0.591. The van der Waals surface area contributed by atoms with Crippen molar-refractivity contribution in [2.45, 2.75) is 44.8 Å². The van der Waals surface area contributed by atoms with Crippen LogP contribution in [0.2, 0.25) is 0 Å². The predicted molar refractivity (Wildman–Crippen MR) is 102 cm³/mol. The molecule has 2 N–H and O–H groups in total. The lowest BCUT2D eigenvalue weighted by atomic mass is 10.0. The quantitative estimate of drug-likeness (QED) is 0.437. The van der Waals surface area contributed by atoms with Crippen molar-refractivity contribution in [1.82, 2.24) is 14.8 Å². The largest absolute Gasteiger partial charge is 0.388 e. The second-order valence-electron chi connectivity index (χ2n) is 6.07. The van der Waals surface area contributed by atoms with E-state index in [1.165, 1.54) is 5.69 Å². The highest BCUT2D eigenvalue weighted by atomic mass is 127. The molecule has 1 heterocycles. The van der Waals surface area contributed by atoms with Crippen molar-refractivity contribution < 1.29 is 5.11 Å². The second-order valence-corrected chi connectivity index (χ2v) is 6.07. The fourth-order valence-electron chi connectivity index (χ4n) is 2.86. The molecule has 0 amide bonds. The first-order chi connectivity index (χ1) is 10.0. The zero-order valence-electron chi connectivity index (χ0n) is 13.9. The lowest BCUT2D eigenvalue weighted by Gasteiger charge is -2.25. The van der Waals surface area contributed by atoms with Crippen LogP contribution in [0.3, 0.4) is 0 Å². The molecule has 5 nitrogen and oxygen atoms in total. The number of rotatable bonds is 5. The predicted octanol–water partition coefficient (Wildman–Crippen LogP) is 2.35. The molecule has 0 atom stereocenters. The summed E-state index contributed by atoms with van der Waals surface area (Å²) in [6.45, 7) is 4.19. The molecular weight excluding hydrogens is 391 g/mol. The van der Waals surface area contributed by atoms with Gasteiger partial charge in [0.25, 0.3) is 0 Å². The van der Waals surface area contributed by atoms with Gasteiger partial charge in [-0.1, -0.05) is 12.8 Å². The van der Waals surface area contributed by atoms with Crippen LogP contribution in [-0.2, 0) is 13.6 Å². The van der Waals surface area contributed by atoms with E-state index in [1.54, 1.807) is 0 Å². The molecule has 0 aliphatic heterocycles. The van der Waals surface area contributed by atoms with E-state index in [9.17, 15) is 5.11 Å². The first kappa shape index (κ1) is 19.3. The van der Waals surface area contributed by atoms with Gasteiger partial charge in [-0.3, -0.25) is 4.99 Å². The summed E-state index contributed by atoms with van der Waals surface area (Å²) in [6.07, 6.45) is 6.02. The molecule has 1 aromatic heterocycles. The third-order valence-electron chi connectivity index (χ3n) is 4.20. The van der Waals surface area contributed by atoms with E-state index in [2.05, 4.69) is 52.1 Å². The Labute approximate surface area is 150 Å². The molecule has 0 bridgehead atoms. The molecule has 6 heteroatoms. The molecule has 1 fully saturated rings. The Morgan fingerprint density at radius 2 is 2.14 bits per heavy atom. The highest BCUT2D eigenvalue weighted by Crippen LogP contribution is 2.29. The molecule has 2 rings (SSSR count). The maximum Gasteiger partial charge on any atom is 0.194 e. The van der Waals surface area contributed by atoms with E-state index >= 15 is 0 Å². The van der Waals surface area contributed by atoms with Crippen molar-refractivity contribution >= 4 is 29.9 Å². The van der Waals surface area contributed by atoms with Crippen LogP contribution in [0.4, 0.5) is 0 Å². The third kappa shape index (κ3) is 5.15. The smallest absolute Gasteiger partial charge is 0.194 e. The average Bonchev–Trinajstić information content (AvgIpc) is 3.05. The van der Waals surface area contributed by atoms with Gasteiger partial charge in [-0.2, -0.15) is 0 Å². The van der Waals surface area contributed by atoms with E-state index in [4.69, 9.17) is 0 Å². The minimum Gasteiger partial charge on any atom is -0.388 e. The van der Waals surface area contributed by atoms with Gasteiger partial charge >= 0.3 is 0 Å².